The van der Waals surface area contributed by atoms with Crippen LogP contribution in [0.25, 0.3) is 0 Å². The number of nitrogens with zero attached hydrogens (tertiary/aromatic N) is 2. The van der Waals surface area contributed by atoms with Crippen molar-refractivity contribution >= 4 is 27.4 Å². The largest absolute Gasteiger partial charge is 0.360 e. The van der Waals surface area contributed by atoms with Gasteiger partial charge in [0, 0.05) is 32.2 Å². The van der Waals surface area contributed by atoms with Gasteiger partial charge in [-0.05, 0) is 25.1 Å². The number of hydrogen-bond donors (Lipinski definition) is 1. The van der Waals surface area contributed by atoms with Crippen molar-refractivity contribution in [2.24, 2.45) is 0 Å². The number of thiocarbonyl (C=S) groups is 1. The Balaban J connectivity index is 1.82. The van der Waals surface area contributed by atoms with Gasteiger partial charge < -0.3 is 10.2 Å². The lowest BCUT2D eigenvalue weighted by molar-refractivity contribution is 0.265. The number of piperazine rings is 1. The summed E-state index contributed by atoms with van der Waals surface area (Å²) in [6.45, 7) is 2.44. The first-order valence-electron chi connectivity index (χ1n) is 5.47. The van der Waals surface area contributed by atoms with Crippen LogP contribution in [-0.4, -0.2) is 61.2 Å². The maximum Gasteiger partial charge on any atom is 0.211 e. The van der Waals surface area contributed by atoms with Crippen molar-refractivity contribution in [3.8, 4) is 0 Å². The molecule has 1 N–H and O–H groups in total. The summed E-state index contributed by atoms with van der Waals surface area (Å²) >= 11 is 5.27. The van der Waals surface area contributed by atoms with Gasteiger partial charge in [-0.15, -0.1) is 0 Å². The van der Waals surface area contributed by atoms with Gasteiger partial charge >= 0.3 is 0 Å². The highest BCUT2D eigenvalue weighted by molar-refractivity contribution is 7.88. The standard InChI is InChI=1S/C9H17N3O2S2/c1-16(13,14)12-6-4-11(5-7-12)9(15)10-8-2-3-8/h8H,2-7H2,1H3,(H,10,15). The molecule has 5 nitrogen and oxygen atoms in total. The molecule has 0 radical (unpaired) electrons. The second-order valence-corrected chi connectivity index (χ2v) is 6.74. The van der Waals surface area contributed by atoms with Gasteiger partial charge in [-0.2, -0.15) is 4.31 Å². The third-order valence-electron chi connectivity index (χ3n) is 2.90. The summed E-state index contributed by atoms with van der Waals surface area (Å²) in [4.78, 5) is 2.05. The first kappa shape index (κ1) is 12.1. The van der Waals surface area contributed by atoms with Gasteiger partial charge in [0.15, 0.2) is 5.11 Å². The van der Waals surface area contributed by atoms with Crippen molar-refractivity contribution in [3.63, 3.8) is 0 Å². The van der Waals surface area contributed by atoms with Crippen molar-refractivity contribution in [2.45, 2.75) is 18.9 Å². The molecule has 7 heteroatoms. The molecular formula is C9H17N3O2S2. The Kier molecular flexibility index (Phi) is 3.37. The molecule has 0 aromatic heterocycles. The van der Waals surface area contributed by atoms with Crippen molar-refractivity contribution in [1.29, 1.82) is 0 Å². The fourth-order valence-electron chi connectivity index (χ4n) is 1.72. The fraction of sp³-hybridized carbons (Fsp3) is 0.889. The Morgan fingerprint density at radius 2 is 1.81 bits per heavy atom. The normalized spacial score (nSPS) is 23.2. The predicted octanol–water partition coefficient (Wildman–Crippen LogP) is -0.399. The lowest BCUT2D eigenvalue weighted by Gasteiger charge is -2.34. The first-order chi connectivity index (χ1) is 7.47. The molecule has 92 valence electrons. The van der Waals surface area contributed by atoms with E-state index in [1.165, 1.54) is 23.4 Å². The molecule has 16 heavy (non-hydrogen) atoms. The van der Waals surface area contributed by atoms with E-state index in [0.717, 1.165) is 5.11 Å². The minimum Gasteiger partial charge on any atom is -0.360 e. The zero-order valence-corrected chi connectivity index (χ0v) is 11.0. The van der Waals surface area contributed by atoms with Gasteiger partial charge in [0.05, 0.1) is 6.26 Å². The average molecular weight is 263 g/mol. The Labute approximate surface area is 102 Å². The molecule has 1 saturated carbocycles. The minimum absolute atomic E-state index is 0.533. The first-order valence-corrected chi connectivity index (χ1v) is 7.73. The van der Waals surface area contributed by atoms with Gasteiger partial charge in [0.2, 0.25) is 10.0 Å². The van der Waals surface area contributed by atoms with E-state index in [1.807, 2.05) is 0 Å². The van der Waals surface area contributed by atoms with Crippen LogP contribution >= 0.6 is 12.2 Å². The third-order valence-corrected chi connectivity index (χ3v) is 4.58. The van der Waals surface area contributed by atoms with Crippen LogP contribution in [0.1, 0.15) is 12.8 Å². The van der Waals surface area contributed by atoms with Crippen LogP contribution in [0.2, 0.25) is 0 Å². The van der Waals surface area contributed by atoms with Crippen LogP contribution in [0.3, 0.4) is 0 Å². The smallest absolute Gasteiger partial charge is 0.211 e. The highest BCUT2D eigenvalue weighted by Crippen LogP contribution is 2.19. The summed E-state index contributed by atoms with van der Waals surface area (Å²) in [5.74, 6) is 0. The maximum atomic E-state index is 11.3. The van der Waals surface area contributed by atoms with Crippen LogP contribution in [0.4, 0.5) is 0 Å². The molecule has 1 aliphatic heterocycles. The van der Waals surface area contributed by atoms with E-state index in [9.17, 15) is 8.42 Å². The summed E-state index contributed by atoms with van der Waals surface area (Å²) in [6.07, 6.45) is 3.65. The molecule has 0 aromatic rings. The quantitative estimate of drug-likeness (QED) is 0.687. The summed E-state index contributed by atoms with van der Waals surface area (Å²) < 4.78 is 24.1. The molecule has 2 fully saturated rings. The molecule has 0 amide bonds. The zero-order chi connectivity index (χ0) is 11.8. The van der Waals surface area contributed by atoms with E-state index >= 15 is 0 Å². The maximum absolute atomic E-state index is 11.3. The Bertz CT molecular complexity index is 370. The molecule has 1 aliphatic carbocycles. The summed E-state index contributed by atoms with van der Waals surface area (Å²) in [7, 11) is -3.04. The summed E-state index contributed by atoms with van der Waals surface area (Å²) in [5, 5.41) is 4.04. The molecule has 0 aromatic carbocycles. The van der Waals surface area contributed by atoms with Crippen LogP contribution in [0, 0.1) is 0 Å². The molecule has 0 spiro atoms. The number of nitrogens with one attached hydrogen (secondary N) is 1. The second-order valence-electron chi connectivity index (χ2n) is 4.37. The predicted molar refractivity (Wildman–Crippen MR) is 66.7 cm³/mol. The highest BCUT2D eigenvalue weighted by Gasteiger charge is 2.27. The van der Waals surface area contributed by atoms with Crippen molar-refractivity contribution in [2.75, 3.05) is 32.4 Å². The monoisotopic (exact) mass is 263 g/mol. The fourth-order valence-corrected chi connectivity index (χ4v) is 2.89. The number of rotatable bonds is 2. The molecular weight excluding hydrogens is 246 g/mol. The van der Waals surface area contributed by atoms with Crippen LogP contribution < -0.4 is 5.32 Å². The third kappa shape index (κ3) is 3.05. The van der Waals surface area contributed by atoms with Gasteiger partial charge in [0.1, 0.15) is 0 Å². The van der Waals surface area contributed by atoms with Crippen LogP contribution in [0.15, 0.2) is 0 Å². The Morgan fingerprint density at radius 1 is 1.25 bits per heavy atom. The van der Waals surface area contributed by atoms with E-state index in [4.69, 9.17) is 12.2 Å². The van der Waals surface area contributed by atoms with Gasteiger partial charge in [-0.25, -0.2) is 8.42 Å². The zero-order valence-electron chi connectivity index (χ0n) is 9.35. The highest BCUT2D eigenvalue weighted by atomic mass is 32.2. The van der Waals surface area contributed by atoms with Gasteiger partial charge in [-0.3, -0.25) is 0 Å². The molecule has 2 aliphatic rings. The van der Waals surface area contributed by atoms with Crippen LogP contribution in [-0.2, 0) is 10.0 Å². The van der Waals surface area contributed by atoms with Crippen LogP contribution in [0.5, 0.6) is 0 Å². The van der Waals surface area contributed by atoms with Gasteiger partial charge in [0.25, 0.3) is 0 Å². The lowest BCUT2D eigenvalue weighted by Crippen LogP contribution is -2.53. The topological polar surface area (TPSA) is 52.7 Å². The Morgan fingerprint density at radius 3 is 2.25 bits per heavy atom. The molecule has 0 unspecified atom stereocenters. The minimum atomic E-state index is -3.04. The van der Waals surface area contributed by atoms with E-state index in [-0.39, 0.29) is 0 Å². The van der Waals surface area contributed by atoms with E-state index in [2.05, 4.69) is 10.2 Å². The van der Waals surface area contributed by atoms with Crippen molar-refractivity contribution in [1.82, 2.24) is 14.5 Å². The van der Waals surface area contributed by atoms with E-state index in [1.54, 1.807) is 0 Å². The SMILES string of the molecule is CS(=O)(=O)N1CCN(C(=S)NC2CC2)CC1. The van der Waals surface area contributed by atoms with Crippen molar-refractivity contribution in [3.05, 3.63) is 0 Å². The molecule has 0 bridgehead atoms. The molecule has 1 saturated heterocycles. The van der Waals surface area contributed by atoms with Gasteiger partial charge in [-0.1, -0.05) is 0 Å². The van der Waals surface area contributed by atoms with E-state index in [0.29, 0.717) is 32.2 Å². The second kappa shape index (κ2) is 4.46. The summed E-state index contributed by atoms with van der Waals surface area (Å²) in [6, 6.07) is 0.556. The Hall–Kier alpha value is -0.400. The van der Waals surface area contributed by atoms with Crippen molar-refractivity contribution < 1.29 is 8.42 Å². The number of hydrogen-bond acceptors (Lipinski definition) is 3. The molecule has 1 heterocycles. The lowest BCUT2D eigenvalue weighted by atomic mass is 10.4. The van der Waals surface area contributed by atoms with E-state index < -0.39 is 10.0 Å². The number of sulfonamides is 1. The molecule has 2 rings (SSSR count). The summed E-state index contributed by atoms with van der Waals surface area (Å²) in [5.41, 5.74) is 0. The molecule has 0 atom stereocenters. The average Bonchev–Trinajstić information content (AvgIpc) is 3.00.